The van der Waals surface area contributed by atoms with E-state index in [2.05, 4.69) is 36.5 Å². The van der Waals surface area contributed by atoms with Crippen molar-refractivity contribution in [2.45, 2.75) is 13.0 Å². The summed E-state index contributed by atoms with van der Waals surface area (Å²) in [5.74, 6) is 0. The van der Waals surface area contributed by atoms with Crippen LogP contribution in [0.3, 0.4) is 0 Å². The molecule has 1 saturated heterocycles. The maximum atomic E-state index is 5.08. The van der Waals surface area contributed by atoms with E-state index in [1.54, 1.807) is 0 Å². The molecule has 12 heavy (non-hydrogen) atoms. The van der Waals surface area contributed by atoms with Crippen molar-refractivity contribution in [3.05, 3.63) is 29.8 Å². The van der Waals surface area contributed by atoms with Crippen LogP contribution < -0.4 is 5.32 Å². The van der Waals surface area contributed by atoms with Crippen LogP contribution in [0.5, 0.6) is 0 Å². The molecular formula is C10H13NO. The van der Waals surface area contributed by atoms with Gasteiger partial charge in [-0.1, -0.05) is 18.2 Å². The second-order valence-corrected chi connectivity index (χ2v) is 3.19. The second-order valence-electron chi connectivity index (χ2n) is 3.19. The minimum atomic E-state index is 0.520. The van der Waals surface area contributed by atoms with Gasteiger partial charge < -0.3 is 10.1 Å². The van der Waals surface area contributed by atoms with Gasteiger partial charge in [-0.2, -0.15) is 0 Å². The average molecular weight is 163 g/mol. The molecule has 0 unspecified atom stereocenters. The summed E-state index contributed by atoms with van der Waals surface area (Å²) in [5.41, 5.74) is 2.52. The number of ether oxygens (including phenoxy) is 1. The monoisotopic (exact) mass is 163 g/mol. The molecule has 1 aromatic rings. The highest BCUT2D eigenvalue weighted by molar-refractivity contribution is 5.51. The molecule has 0 bridgehead atoms. The Bertz CT molecular complexity index is 268. The summed E-state index contributed by atoms with van der Waals surface area (Å²) in [7, 11) is 0. The highest BCUT2D eigenvalue weighted by atomic mass is 16.5. The number of hydrogen-bond acceptors (Lipinski definition) is 2. The molecule has 1 aliphatic rings. The van der Waals surface area contributed by atoms with E-state index in [4.69, 9.17) is 4.74 Å². The Morgan fingerprint density at radius 2 is 2.08 bits per heavy atom. The lowest BCUT2D eigenvalue weighted by Gasteiger charge is -2.28. The summed E-state index contributed by atoms with van der Waals surface area (Å²) in [4.78, 5) is 0. The van der Waals surface area contributed by atoms with E-state index in [0.29, 0.717) is 6.04 Å². The van der Waals surface area contributed by atoms with Gasteiger partial charge in [0.2, 0.25) is 0 Å². The predicted molar refractivity (Wildman–Crippen MR) is 49.4 cm³/mol. The maximum Gasteiger partial charge on any atom is 0.0728 e. The minimum Gasteiger partial charge on any atom is -0.377 e. The van der Waals surface area contributed by atoms with Crippen molar-refractivity contribution < 1.29 is 4.74 Å². The van der Waals surface area contributed by atoms with Crippen molar-refractivity contribution in [1.82, 2.24) is 0 Å². The van der Waals surface area contributed by atoms with Crippen LogP contribution >= 0.6 is 0 Å². The fraction of sp³-hybridized carbons (Fsp3) is 0.400. The third-order valence-corrected chi connectivity index (χ3v) is 2.14. The lowest BCUT2D eigenvalue weighted by atomic mass is 10.1. The molecule has 1 fully saturated rings. The zero-order valence-corrected chi connectivity index (χ0v) is 7.21. The molecule has 0 aliphatic carbocycles. The van der Waals surface area contributed by atoms with Crippen LogP contribution in [-0.2, 0) is 4.74 Å². The summed E-state index contributed by atoms with van der Waals surface area (Å²) in [6.07, 6.45) is 0. The zero-order valence-electron chi connectivity index (χ0n) is 7.21. The highest BCUT2D eigenvalue weighted by Crippen LogP contribution is 2.16. The molecule has 1 aliphatic heterocycles. The van der Waals surface area contributed by atoms with Gasteiger partial charge >= 0.3 is 0 Å². The molecule has 2 rings (SSSR count). The standard InChI is InChI=1S/C10H13NO/c1-8-4-2-3-5-10(8)11-9-6-12-7-9/h2-5,9,11H,6-7H2,1H3. The Morgan fingerprint density at radius 3 is 2.67 bits per heavy atom. The first-order chi connectivity index (χ1) is 5.86. The SMILES string of the molecule is Cc1ccccc1NC1COC1. The molecule has 1 heterocycles. The summed E-state index contributed by atoms with van der Waals surface area (Å²) >= 11 is 0. The molecular weight excluding hydrogens is 150 g/mol. The van der Waals surface area contributed by atoms with Crippen molar-refractivity contribution in [2.24, 2.45) is 0 Å². The Kier molecular flexibility index (Phi) is 2.00. The van der Waals surface area contributed by atoms with Crippen molar-refractivity contribution in [2.75, 3.05) is 18.5 Å². The maximum absolute atomic E-state index is 5.08. The first kappa shape index (κ1) is 7.62. The van der Waals surface area contributed by atoms with Gasteiger partial charge in [-0.3, -0.25) is 0 Å². The van der Waals surface area contributed by atoms with Crippen molar-refractivity contribution in [3.63, 3.8) is 0 Å². The van der Waals surface area contributed by atoms with Crippen molar-refractivity contribution in [3.8, 4) is 0 Å². The lowest BCUT2D eigenvalue weighted by molar-refractivity contribution is 0.0211. The fourth-order valence-corrected chi connectivity index (χ4v) is 1.27. The number of para-hydroxylation sites is 1. The van der Waals surface area contributed by atoms with Crippen LogP contribution in [0.25, 0.3) is 0 Å². The molecule has 2 nitrogen and oxygen atoms in total. The van der Waals surface area contributed by atoms with E-state index in [0.717, 1.165) is 13.2 Å². The summed E-state index contributed by atoms with van der Waals surface area (Å²) < 4.78 is 5.08. The Hall–Kier alpha value is -1.02. The first-order valence-electron chi connectivity index (χ1n) is 4.26. The van der Waals surface area contributed by atoms with E-state index in [1.165, 1.54) is 11.3 Å². The van der Waals surface area contributed by atoms with Crippen LogP contribution in [0.2, 0.25) is 0 Å². The predicted octanol–water partition coefficient (Wildman–Crippen LogP) is 1.81. The Labute approximate surface area is 72.5 Å². The van der Waals surface area contributed by atoms with Crippen LogP contribution in [0, 0.1) is 6.92 Å². The summed E-state index contributed by atoms with van der Waals surface area (Å²) in [6, 6.07) is 8.84. The largest absolute Gasteiger partial charge is 0.377 e. The summed E-state index contributed by atoms with van der Waals surface area (Å²) in [6.45, 7) is 3.80. The van der Waals surface area contributed by atoms with Gasteiger partial charge in [0.05, 0.1) is 19.3 Å². The van der Waals surface area contributed by atoms with Crippen molar-refractivity contribution in [1.29, 1.82) is 0 Å². The molecule has 0 atom stereocenters. The number of hydrogen-bond donors (Lipinski definition) is 1. The van der Waals surface area contributed by atoms with Crippen LogP contribution in [0.1, 0.15) is 5.56 Å². The zero-order chi connectivity index (χ0) is 8.39. The summed E-state index contributed by atoms with van der Waals surface area (Å²) in [5, 5.41) is 3.42. The third-order valence-electron chi connectivity index (χ3n) is 2.14. The highest BCUT2D eigenvalue weighted by Gasteiger charge is 2.17. The smallest absolute Gasteiger partial charge is 0.0728 e. The second kappa shape index (κ2) is 3.15. The number of benzene rings is 1. The van der Waals surface area contributed by atoms with Crippen LogP contribution in [0.15, 0.2) is 24.3 Å². The average Bonchev–Trinajstić information content (AvgIpc) is 2.00. The molecule has 0 spiro atoms. The lowest BCUT2D eigenvalue weighted by Crippen LogP contribution is -2.40. The van der Waals surface area contributed by atoms with Crippen molar-refractivity contribution >= 4 is 5.69 Å². The molecule has 64 valence electrons. The van der Waals surface area contributed by atoms with Crippen LogP contribution in [0.4, 0.5) is 5.69 Å². The van der Waals surface area contributed by atoms with Gasteiger partial charge in [-0.05, 0) is 18.6 Å². The van der Waals surface area contributed by atoms with E-state index in [-0.39, 0.29) is 0 Å². The quantitative estimate of drug-likeness (QED) is 0.718. The van der Waals surface area contributed by atoms with E-state index in [9.17, 15) is 0 Å². The number of anilines is 1. The van der Waals surface area contributed by atoms with E-state index in [1.807, 2.05) is 0 Å². The van der Waals surface area contributed by atoms with Gasteiger partial charge in [0, 0.05) is 5.69 Å². The van der Waals surface area contributed by atoms with Gasteiger partial charge in [-0.15, -0.1) is 0 Å². The van der Waals surface area contributed by atoms with Crippen LogP contribution in [-0.4, -0.2) is 19.3 Å². The van der Waals surface area contributed by atoms with Gasteiger partial charge in [0.1, 0.15) is 0 Å². The minimum absolute atomic E-state index is 0.520. The Morgan fingerprint density at radius 1 is 1.33 bits per heavy atom. The Balaban J connectivity index is 2.06. The van der Waals surface area contributed by atoms with Gasteiger partial charge in [0.15, 0.2) is 0 Å². The molecule has 0 amide bonds. The van der Waals surface area contributed by atoms with E-state index < -0.39 is 0 Å². The topological polar surface area (TPSA) is 21.3 Å². The number of nitrogens with one attached hydrogen (secondary N) is 1. The third kappa shape index (κ3) is 1.43. The van der Waals surface area contributed by atoms with Gasteiger partial charge in [0.25, 0.3) is 0 Å². The first-order valence-corrected chi connectivity index (χ1v) is 4.26. The molecule has 1 aromatic carbocycles. The van der Waals surface area contributed by atoms with Gasteiger partial charge in [-0.25, -0.2) is 0 Å². The fourth-order valence-electron chi connectivity index (χ4n) is 1.27. The normalized spacial score (nSPS) is 17.1. The molecule has 0 saturated carbocycles. The molecule has 2 heteroatoms. The van der Waals surface area contributed by atoms with E-state index >= 15 is 0 Å². The molecule has 1 N–H and O–H groups in total. The molecule has 0 aromatic heterocycles. The number of aryl methyl sites for hydroxylation is 1. The number of rotatable bonds is 2. The molecule has 0 radical (unpaired) electrons.